The molecule has 1 N–H and O–H groups in total. The van der Waals surface area contributed by atoms with Crippen LogP contribution in [-0.2, 0) is 21.9 Å². The first kappa shape index (κ1) is 17.1. The molecule has 2 aliphatic rings. The van der Waals surface area contributed by atoms with Gasteiger partial charge in [0.05, 0.1) is 17.1 Å². The summed E-state index contributed by atoms with van der Waals surface area (Å²) in [4.78, 5) is 27.9. The highest BCUT2D eigenvalue weighted by molar-refractivity contribution is 7.97. The van der Waals surface area contributed by atoms with Gasteiger partial charge in [0, 0.05) is 11.9 Å². The molecule has 0 atom stereocenters. The first-order chi connectivity index (χ1) is 12.6. The van der Waals surface area contributed by atoms with Crippen molar-refractivity contribution in [1.82, 2.24) is 15.0 Å². The summed E-state index contributed by atoms with van der Waals surface area (Å²) in [5.74, 6) is 0.547. The third-order valence-electron chi connectivity index (χ3n) is 5.10. The largest absolute Gasteiger partial charge is 0.322 e. The number of anilines is 2. The van der Waals surface area contributed by atoms with E-state index in [0.717, 1.165) is 30.0 Å². The molecule has 1 aliphatic carbocycles. The quantitative estimate of drug-likeness (QED) is 0.893. The number of rotatable bonds is 4. The molecule has 0 saturated heterocycles. The molecule has 8 heteroatoms. The lowest BCUT2D eigenvalue weighted by atomic mass is 9.89. The van der Waals surface area contributed by atoms with Crippen LogP contribution in [0.3, 0.4) is 0 Å². The van der Waals surface area contributed by atoms with Gasteiger partial charge in [-0.2, -0.15) is 11.8 Å². The Morgan fingerprint density at radius 2 is 2.08 bits per heavy atom. The fourth-order valence-electron chi connectivity index (χ4n) is 3.97. The van der Waals surface area contributed by atoms with Crippen LogP contribution in [0.4, 0.5) is 11.4 Å². The second-order valence-corrected chi connectivity index (χ2v) is 7.65. The van der Waals surface area contributed by atoms with Crippen LogP contribution in [0.25, 0.3) is 0 Å². The zero-order valence-corrected chi connectivity index (χ0v) is 15.5. The lowest BCUT2D eigenvalue weighted by Crippen LogP contribution is -2.61. The monoisotopic (exact) mass is 371 g/mol. The first-order valence-electron chi connectivity index (χ1n) is 8.75. The average Bonchev–Trinajstić information content (AvgIpc) is 3.27. The van der Waals surface area contributed by atoms with Crippen molar-refractivity contribution in [2.45, 2.75) is 43.5 Å². The van der Waals surface area contributed by atoms with Gasteiger partial charge in [0.2, 0.25) is 5.91 Å². The van der Waals surface area contributed by atoms with Crippen LogP contribution < -0.4 is 10.2 Å². The van der Waals surface area contributed by atoms with Crippen LogP contribution in [0, 0.1) is 0 Å². The molecule has 2 aromatic rings. The Labute approximate surface area is 156 Å². The van der Waals surface area contributed by atoms with Crippen LogP contribution in [0.5, 0.6) is 0 Å². The van der Waals surface area contributed by atoms with Crippen molar-refractivity contribution in [2.24, 2.45) is 0 Å². The molecule has 2 heterocycles. The number of para-hydroxylation sites is 2. The normalized spacial score (nSPS) is 18.0. The first-order valence-corrected chi connectivity index (χ1v) is 10.1. The van der Waals surface area contributed by atoms with Gasteiger partial charge in [0.15, 0.2) is 0 Å². The maximum atomic E-state index is 13.3. The van der Waals surface area contributed by atoms with Gasteiger partial charge in [-0.05, 0) is 31.2 Å². The smallest absolute Gasteiger partial charge is 0.250 e. The molecule has 1 spiro atoms. The predicted molar refractivity (Wildman–Crippen MR) is 101 cm³/mol. The third-order valence-corrected chi connectivity index (χ3v) is 5.68. The number of nitrogens with one attached hydrogen (secondary N) is 1. The predicted octanol–water partition coefficient (Wildman–Crippen LogP) is 2.44. The van der Waals surface area contributed by atoms with Gasteiger partial charge in [-0.25, -0.2) is 4.68 Å². The van der Waals surface area contributed by atoms with E-state index in [1.165, 1.54) is 0 Å². The highest BCUT2D eigenvalue weighted by Gasteiger charge is 2.52. The van der Waals surface area contributed by atoms with Crippen molar-refractivity contribution in [3.8, 4) is 0 Å². The van der Waals surface area contributed by atoms with Gasteiger partial charge in [-0.1, -0.05) is 30.2 Å². The number of nitrogens with zero attached hydrogens (tertiary/aromatic N) is 4. The highest BCUT2D eigenvalue weighted by Crippen LogP contribution is 2.45. The molecule has 1 aromatic heterocycles. The molecule has 7 nitrogen and oxygen atoms in total. The number of carbonyl (C=O) groups is 2. The number of benzene rings is 1. The molecule has 1 saturated carbocycles. The summed E-state index contributed by atoms with van der Waals surface area (Å²) in [5.41, 5.74) is 1.51. The van der Waals surface area contributed by atoms with E-state index in [4.69, 9.17) is 0 Å². The minimum atomic E-state index is -0.784. The van der Waals surface area contributed by atoms with Crippen molar-refractivity contribution in [1.29, 1.82) is 0 Å². The SMILES string of the molecule is CSCc1cn(CC(=O)N2c3ccccc3NC(=O)C23CCCC3)nn1. The molecule has 0 bridgehead atoms. The van der Waals surface area contributed by atoms with Crippen LogP contribution in [-0.4, -0.2) is 38.6 Å². The average molecular weight is 371 g/mol. The molecule has 1 fully saturated rings. The van der Waals surface area contributed by atoms with Gasteiger partial charge >= 0.3 is 0 Å². The number of hydrogen-bond acceptors (Lipinski definition) is 5. The third kappa shape index (κ3) is 2.78. The number of carbonyl (C=O) groups excluding carboxylic acids is 2. The van der Waals surface area contributed by atoms with Gasteiger partial charge in [-0.15, -0.1) is 5.10 Å². The number of amides is 2. The summed E-state index contributed by atoms with van der Waals surface area (Å²) < 4.78 is 1.56. The molecule has 1 aromatic carbocycles. The summed E-state index contributed by atoms with van der Waals surface area (Å²) in [7, 11) is 0. The van der Waals surface area contributed by atoms with E-state index in [1.54, 1.807) is 27.5 Å². The molecule has 0 radical (unpaired) electrons. The Bertz CT molecular complexity index is 844. The van der Waals surface area contributed by atoms with E-state index in [1.807, 2.05) is 30.5 Å². The summed E-state index contributed by atoms with van der Waals surface area (Å²) in [6, 6.07) is 7.49. The van der Waals surface area contributed by atoms with E-state index in [0.29, 0.717) is 18.5 Å². The maximum Gasteiger partial charge on any atom is 0.250 e. The summed E-state index contributed by atoms with van der Waals surface area (Å²) in [6.07, 6.45) is 7.06. The second-order valence-electron chi connectivity index (χ2n) is 6.78. The molecule has 0 unspecified atom stereocenters. The Balaban J connectivity index is 1.68. The zero-order valence-electron chi connectivity index (χ0n) is 14.6. The molecule has 26 heavy (non-hydrogen) atoms. The Morgan fingerprint density at radius 3 is 2.85 bits per heavy atom. The number of aromatic nitrogens is 3. The number of hydrogen-bond donors (Lipinski definition) is 1. The van der Waals surface area contributed by atoms with Crippen LogP contribution in [0.15, 0.2) is 30.5 Å². The minimum absolute atomic E-state index is 0.0742. The molecule has 136 valence electrons. The second kappa shape index (κ2) is 6.75. The molecular formula is C18H21N5O2S. The van der Waals surface area contributed by atoms with Crippen molar-refractivity contribution in [3.63, 3.8) is 0 Å². The van der Waals surface area contributed by atoms with Crippen LogP contribution >= 0.6 is 11.8 Å². The molecular weight excluding hydrogens is 350 g/mol. The highest BCUT2D eigenvalue weighted by atomic mass is 32.2. The summed E-state index contributed by atoms with van der Waals surface area (Å²) in [6.45, 7) is 0.0742. The van der Waals surface area contributed by atoms with Crippen LogP contribution in [0.2, 0.25) is 0 Å². The van der Waals surface area contributed by atoms with E-state index in [-0.39, 0.29) is 18.4 Å². The van der Waals surface area contributed by atoms with Crippen molar-refractivity contribution in [2.75, 3.05) is 16.5 Å². The maximum absolute atomic E-state index is 13.3. The van der Waals surface area contributed by atoms with Gasteiger partial charge in [-0.3, -0.25) is 14.5 Å². The van der Waals surface area contributed by atoms with Gasteiger partial charge < -0.3 is 5.32 Å². The van der Waals surface area contributed by atoms with E-state index in [9.17, 15) is 9.59 Å². The molecule has 4 rings (SSSR count). The zero-order chi connectivity index (χ0) is 18.1. The Morgan fingerprint density at radius 1 is 1.31 bits per heavy atom. The molecule has 1 aliphatic heterocycles. The fourth-order valence-corrected chi connectivity index (χ4v) is 4.40. The number of fused-ring (bicyclic) bond motifs is 1. The van der Waals surface area contributed by atoms with Gasteiger partial charge in [0.25, 0.3) is 5.91 Å². The lowest BCUT2D eigenvalue weighted by Gasteiger charge is -2.44. The number of thioether (sulfide) groups is 1. The van der Waals surface area contributed by atoms with E-state index >= 15 is 0 Å². The van der Waals surface area contributed by atoms with Crippen molar-refractivity contribution in [3.05, 3.63) is 36.2 Å². The van der Waals surface area contributed by atoms with Crippen molar-refractivity contribution >= 4 is 35.0 Å². The van der Waals surface area contributed by atoms with E-state index < -0.39 is 5.54 Å². The Hall–Kier alpha value is -2.35. The van der Waals surface area contributed by atoms with Crippen LogP contribution in [0.1, 0.15) is 31.4 Å². The summed E-state index contributed by atoms with van der Waals surface area (Å²) >= 11 is 1.66. The van der Waals surface area contributed by atoms with E-state index in [2.05, 4.69) is 15.6 Å². The summed E-state index contributed by atoms with van der Waals surface area (Å²) in [5, 5.41) is 11.2. The molecule has 2 amide bonds. The minimum Gasteiger partial charge on any atom is -0.322 e. The fraction of sp³-hybridized carbons (Fsp3) is 0.444. The van der Waals surface area contributed by atoms with Crippen molar-refractivity contribution < 1.29 is 9.59 Å². The Kier molecular flexibility index (Phi) is 4.44. The van der Waals surface area contributed by atoms with Gasteiger partial charge in [0.1, 0.15) is 12.1 Å². The standard InChI is InChI=1S/C18H21N5O2S/c1-26-12-13-10-22(21-20-13)11-16(24)23-15-7-3-2-6-14(15)19-17(25)18(23)8-4-5-9-18/h2-3,6-7,10H,4-5,8-9,11-12H2,1H3,(H,19,25). The lowest BCUT2D eigenvalue weighted by molar-refractivity contribution is -0.127. The topological polar surface area (TPSA) is 80.1 Å².